The summed E-state index contributed by atoms with van der Waals surface area (Å²) in [5, 5.41) is 9.99. The Morgan fingerprint density at radius 1 is 0.903 bits per heavy atom. The number of ether oxygens (including phenoxy) is 3. The topological polar surface area (TPSA) is 65.0 Å². The highest BCUT2D eigenvalue weighted by Gasteiger charge is 2.42. The van der Waals surface area contributed by atoms with Crippen molar-refractivity contribution in [3.8, 4) is 0 Å². The number of carbonyl (C=O) groups excluding carboxylic acids is 1. The second kappa shape index (κ2) is 9.43. The van der Waals surface area contributed by atoms with Gasteiger partial charge in [0.2, 0.25) is 0 Å². The number of hydrogen-bond donors (Lipinski definition) is 1. The number of rotatable bonds is 7. The molecule has 0 amide bonds. The molecule has 4 rings (SSSR count). The Morgan fingerprint density at radius 3 is 1.77 bits per heavy atom. The summed E-state index contributed by atoms with van der Waals surface area (Å²) in [5.41, 5.74) is 2.00. The summed E-state index contributed by atoms with van der Waals surface area (Å²) in [5.74, 6) is -0.409. The highest BCUT2D eigenvalue weighted by molar-refractivity contribution is 5.66. The van der Waals surface area contributed by atoms with Crippen molar-refractivity contribution in [3.05, 3.63) is 108 Å². The molecule has 1 heterocycles. The number of benzene rings is 3. The van der Waals surface area contributed by atoms with Gasteiger partial charge in [-0.05, 0) is 16.7 Å². The first-order valence-corrected chi connectivity index (χ1v) is 10.4. The molecule has 31 heavy (non-hydrogen) atoms. The van der Waals surface area contributed by atoms with Gasteiger partial charge < -0.3 is 19.3 Å². The van der Waals surface area contributed by atoms with Crippen LogP contribution < -0.4 is 0 Å². The lowest BCUT2D eigenvalue weighted by Gasteiger charge is -2.37. The van der Waals surface area contributed by atoms with E-state index < -0.39 is 30.1 Å². The molecule has 0 unspecified atom stereocenters. The number of aliphatic hydroxyl groups excluding tert-OH is 1. The quantitative estimate of drug-likeness (QED) is 0.464. The van der Waals surface area contributed by atoms with Gasteiger partial charge in [0.25, 0.3) is 0 Å². The summed E-state index contributed by atoms with van der Waals surface area (Å²) in [6.45, 7) is 1.48. The molecule has 0 bridgehead atoms. The van der Waals surface area contributed by atoms with Gasteiger partial charge in [0, 0.05) is 13.3 Å². The van der Waals surface area contributed by atoms with Gasteiger partial charge in [0.05, 0.1) is 6.61 Å². The van der Waals surface area contributed by atoms with Crippen molar-refractivity contribution < 1.29 is 24.1 Å². The fraction of sp³-hybridized carbons (Fsp3) is 0.269. The molecule has 0 radical (unpaired) electrons. The van der Waals surface area contributed by atoms with E-state index in [9.17, 15) is 9.90 Å². The summed E-state index contributed by atoms with van der Waals surface area (Å²) >= 11 is 0. The molecule has 0 aliphatic carbocycles. The summed E-state index contributed by atoms with van der Waals surface area (Å²) in [7, 11) is 0. The Bertz CT molecular complexity index is 878. The van der Waals surface area contributed by atoms with Crippen LogP contribution >= 0.6 is 0 Å². The van der Waals surface area contributed by atoms with Gasteiger partial charge in [0.15, 0.2) is 6.29 Å². The van der Waals surface area contributed by atoms with E-state index in [1.165, 1.54) is 6.92 Å². The Morgan fingerprint density at radius 2 is 1.35 bits per heavy atom. The van der Waals surface area contributed by atoms with E-state index in [4.69, 9.17) is 14.2 Å². The molecule has 5 nitrogen and oxygen atoms in total. The molecule has 0 saturated carbocycles. The molecule has 1 aliphatic heterocycles. The predicted octanol–water partition coefficient (Wildman–Crippen LogP) is 4.03. The molecule has 1 aliphatic rings. The predicted molar refractivity (Wildman–Crippen MR) is 116 cm³/mol. The van der Waals surface area contributed by atoms with E-state index in [2.05, 4.69) is 0 Å². The number of esters is 1. The Hall–Kier alpha value is -2.99. The number of carbonyl (C=O) groups is 1. The molecule has 3 atom stereocenters. The van der Waals surface area contributed by atoms with Crippen LogP contribution in [0, 0.1) is 0 Å². The third-order valence-electron chi connectivity index (χ3n) is 5.50. The smallest absolute Gasteiger partial charge is 0.302 e. The molecule has 1 saturated heterocycles. The van der Waals surface area contributed by atoms with Crippen LogP contribution in [0.15, 0.2) is 91.0 Å². The second-order valence-corrected chi connectivity index (χ2v) is 7.60. The second-order valence-electron chi connectivity index (χ2n) is 7.60. The Kier molecular flexibility index (Phi) is 6.47. The van der Waals surface area contributed by atoms with Crippen molar-refractivity contribution in [3.63, 3.8) is 0 Å². The van der Waals surface area contributed by atoms with Gasteiger partial charge in [0.1, 0.15) is 17.8 Å². The van der Waals surface area contributed by atoms with E-state index in [0.717, 1.165) is 16.7 Å². The van der Waals surface area contributed by atoms with Crippen molar-refractivity contribution in [1.82, 2.24) is 0 Å². The summed E-state index contributed by atoms with van der Waals surface area (Å²) < 4.78 is 17.7. The first-order valence-electron chi connectivity index (χ1n) is 10.4. The Balaban J connectivity index is 1.76. The summed E-state index contributed by atoms with van der Waals surface area (Å²) in [6.07, 6.45) is -1.90. The molecule has 0 aromatic heterocycles. The van der Waals surface area contributed by atoms with Crippen LogP contribution in [-0.4, -0.2) is 36.2 Å². The standard InChI is InChI=1S/C26H26O5/c1-19(27)30-23-17-25(28)31-24(23)18-29-26(20-11-5-2-6-12-20,21-13-7-3-8-14-21)22-15-9-4-10-16-22/h2-16,23-25,28H,17-18H2,1H3/t23-,24+,25+/m0/s1. The van der Waals surface area contributed by atoms with E-state index >= 15 is 0 Å². The third-order valence-corrected chi connectivity index (χ3v) is 5.50. The van der Waals surface area contributed by atoms with Crippen LogP contribution in [0.3, 0.4) is 0 Å². The molecule has 3 aromatic rings. The number of aliphatic hydroxyl groups is 1. The van der Waals surface area contributed by atoms with Crippen LogP contribution in [0.2, 0.25) is 0 Å². The highest BCUT2D eigenvalue weighted by Crippen LogP contribution is 2.41. The van der Waals surface area contributed by atoms with Crippen LogP contribution in [0.25, 0.3) is 0 Å². The largest absolute Gasteiger partial charge is 0.459 e. The van der Waals surface area contributed by atoms with E-state index in [1.807, 2.05) is 91.0 Å². The van der Waals surface area contributed by atoms with Crippen molar-refractivity contribution in [2.75, 3.05) is 6.61 Å². The monoisotopic (exact) mass is 418 g/mol. The maximum atomic E-state index is 11.5. The molecule has 3 aromatic carbocycles. The van der Waals surface area contributed by atoms with E-state index in [1.54, 1.807) is 0 Å². The molecule has 5 heteroatoms. The lowest BCUT2D eigenvalue weighted by Crippen LogP contribution is -2.39. The van der Waals surface area contributed by atoms with Gasteiger partial charge in [-0.3, -0.25) is 4.79 Å². The average Bonchev–Trinajstić information content (AvgIpc) is 3.14. The zero-order chi connectivity index (χ0) is 21.7. The molecule has 0 spiro atoms. The lowest BCUT2D eigenvalue weighted by molar-refractivity contribution is -0.156. The van der Waals surface area contributed by atoms with Gasteiger partial charge in [-0.15, -0.1) is 0 Å². The molecule has 160 valence electrons. The van der Waals surface area contributed by atoms with Gasteiger partial charge >= 0.3 is 5.97 Å². The molecular formula is C26H26O5. The third kappa shape index (κ3) is 4.54. The van der Waals surface area contributed by atoms with Crippen LogP contribution in [-0.2, 0) is 24.6 Å². The minimum Gasteiger partial charge on any atom is -0.459 e. The minimum absolute atomic E-state index is 0.133. The van der Waals surface area contributed by atoms with Crippen LogP contribution in [0.1, 0.15) is 30.0 Å². The molecule has 1 N–H and O–H groups in total. The fourth-order valence-corrected chi connectivity index (χ4v) is 4.15. The zero-order valence-electron chi connectivity index (χ0n) is 17.4. The fourth-order valence-electron chi connectivity index (χ4n) is 4.15. The SMILES string of the molecule is CC(=O)O[C@H]1C[C@H](O)O[C@@H]1COC(c1ccccc1)(c1ccccc1)c1ccccc1. The number of hydrogen-bond acceptors (Lipinski definition) is 5. The Labute approximate surface area is 182 Å². The molecule has 1 fully saturated rings. The maximum Gasteiger partial charge on any atom is 0.302 e. The van der Waals surface area contributed by atoms with Crippen LogP contribution in [0.5, 0.6) is 0 Å². The van der Waals surface area contributed by atoms with E-state index in [0.29, 0.717) is 0 Å². The summed E-state index contributed by atoms with van der Waals surface area (Å²) in [6, 6.07) is 30.0. The van der Waals surface area contributed by atoms with Gasteiger partial charge in [-0.2, -0.15) is 0 Å². The van der Waals surface area contributed by atoms with E-state index in [-0.39, 0.29) is 13.0 Å². The first kappa shape index (κ1) is 21.2. The first-order chi connectivity index (χ1) is 15.1. The average molecular weight is 418 g/mol. The van der Waals surface area contributed by atoms with Gasteiger partial charge in [-0.25, -0.2) is 0 Å². The maximum absolute atomic E-state index is 11.5. The highest BCUT2D eigenvalue weighted by atomic mass is 16.7. The van der Waals surface area contributed by atoms with Crippen LogP contribution in [0.4, 0.5) is 0 Å². The van der Waals surface area contributed by atoms with Gasteiger partial charge in [-0.1, -0.05) is 91.0 Å². The lowest BCUT2D eigenvalue weighted by atomic mass is 9.80. The van der Waals surface area contributed by atoms with Crippen molar-refractivity contribution >= 4 is 5.97 Å². The van der Waals surface area contributed by atoms with Crippen molar-refractivity contribution in [2.24, 2.45) is 0 Å². The summed E-state index contributed by atoms with van der Waals surface area (Å²) in [4.78, 5) is 11.5. The molecular weight excluding hydrogens is 392 g/mol. The zero-order valence-corrected chi connectivity index (χ0v) is 17.4. The normalized spacial score (nSPS) is 21.0. The van der Waals surface area contributed by atoms with Crippen molar-refractivity contribution in [2.45, 2.75) is 37.4 Å². The minimum atomic E-state index is -0.988. The van der Waals surface area contributed by atoms with Crippen molar-refractivity contribution in [1.29, 1.82) is 0 Å².